The Labute approximate surface area is 110 Å². The number of fused-ring (bicyclic) bond motifs is 1. The van der Waals surface area contributed by atoms with E-state index < -0.39 is 0 Å². The number of pyridine rings is 1. The minimum atomic E-state index is 0.398. The highest BCUT2D eigenvalue weighted by Gasteiger charge is 2.14. The van der Waals surface area contributed by atoms with E-state index in [-0.39, 0.29) is 0 Å². The highest BCUT2D eigenvalue weighted by atomic mass is 35.5. The van der Waals surface area contributed by atoms with Crippen LogP contribution < -0.4 is 5.73 Å². The Balaban J connectivity index is 2.32. The molecule has 18 heavy (non-hydrogen) atoms. The molecule has 0 fully saturated rings. The quantitative estimate of drug-likeness (QED) is 0.565. The van der Waals surface area contributed by atoms with Gasteiger partial charge in [0.15, 0.2) is 0 Å². The van der Waals surface area contributed by atoms with Gasteiger partial charge in [0.25, 0.3) is 0 Å². The number of rotatable bonds is 2. The summed E-state index contributed by atoms with van der Waals surface area (Å²) in [5.74, 6) is 0.398. The molecule has 0 aliphatic heterocycles. The molecule has 2 heterocycles. The highest BCUT2D eigenvalue weighted by Crippen LogP contribution is 2.29. The van der Waals surface area contributed by atoms with Gasteiger partial charge in [-0.3, -0.25) is 0 Å². The molecule has 1 aromatic carbocycles. The number of para-hydroxylation sites is 1. The van der Waals surface area contributed by atoms with Crippen molar-refractivity contribution in [3.05, 3.63) is 54.4 Å². The van der Waals surface area contributed by atoms with Crippen LogP contribution in [0.4, 0.5) is 5.69 Å². The number of benzene rings is 1. The van der Waals surface area contributed by atoms with E-state index in [0.29, 0.717) is 11.6 Å². The summed E-state index contributed by atoms with van der Waals surface area (Å²) < 4.78 is 1.99. The fourth-order valence-corrected chi connectivity index (χ4v) is 2.36. The largest absolute Gasteiger partial charge is 0.398 e. The third-order valence-corrected chi connectivity index (χ3v) is 3.22. The number of halogens is 1. The van der Waals surface area contributed by atoms with Crippen molar-refractivity contribution in [1.29, 1.82) is 0 Å². The molecule has 2 aromatic heterocycles. The zero-order valence-corrected chi connectivity index (χ0v) is 10.4. The summed E-state index contributed by atoms with van der Waals surface area (Å²) in [5, 5.41) is 0. The number of nitrogens with two attached hydrogens (primary N) is 1. The van der Waals surface area contributed by atoms with Gasteiger partial charge >= 0.3 is 0 Å². The van der Waals surface area contributed by atoms with Crippen molar-refractivity contribution >= 4 is 22.9 Å². The molecule has 3 rings (SSSR count). The van der Waals surface area contributed by atoms with Gasteiger partial charge in [-0.25, -0.2) is 4.98 Å². The molecule has 4 heteroatoms. The van der Waals surface area contributed by atoms with Crippen molar-refractivity contribution in [2.75, 3.05) is 5.73 Å². The third kappa shape index (κ3) is 1.64. The summed E-state index contributed by atoms with van der Waals surface area (Å²) in [6.45, 7) is 0. The van der Waals surface area contributed by atoms with Gasteiger partial charge in [-0.2, -0.15) is 0 Å². The Morgan fingerprint density at radius 1 is 1.11 bits per heavy atom. The van der Waals surface area contributed by atoms with E-state index in [1.54, 1.807) is 0 Å². The van der Waals surface area contributed by atoms with Gasteiger partial charge in [0.2, 0.25) is 0 Å². The molecule has 3 aromatic rings. The Morgan fingerprint density at radius 3 is 2.67 bits per heavy atom. The molecule has 3 nitrogen and oxygen atoms in total. The van der Waals surface area contributed by atoms with Gasteiger partial charge in [0, 0.05) is 17.4 Å². The van der Waals surface area contributed by atoms with Gasteiger partial charge in [-0.1, -0.05) is 24.3 Å². The number of nitrogens with zero attached hydrogens (tertiary/aromatic N) is 2. The van der Waals surface area contributed by atoms with Gasteiger partial charge in [-0.15, -0.1) is 11.6 Å². The average Bonchev–Trinajstić information content (AvgIpc) is 2.77. The maximum Gasteiger partial charge on any atom is 0.137 e. The normalized spacial score (nSPS) is 10.9. The van der Waals surface area contributed by atoms with E-state index in [4.69, 9.17) is 17.3 Å². The van der Waals surface area contributed by atoms with Crippen molar-refractivity contribution in [3.63, 3.8) is 0 Å². The van der Waals surface area contributed by atoms with Crippen LogP contribution in [0, 0.1) is 0 Å². The monoisotopic (exact) mass is 257 g/mol. The van der Waals surface area contributed by atoms with Crippen molar-refractivity contribution in [1.82, 2.24) is 9.38 Å². The van der Waals surface area contributed by atoms with Crippen LogP contribution in [0.15, 0.2) is 48.7 Å². The second-order valence-corrected chi connectivity index (χ2v) is 4.32. The maximum absolute atomic E-state index is 6.05. The van der Waals surface area contributed by atoms with Gasteiger partial charge in [0.05, 0.1) is 17.3 Å². The molecule has 0 saturated carbocycles. The average molecular weight is 258 g/mol. The first-order valence-corrected chi connectivity index (χ1v) is 6.21. The topological polar surface area (TPSA) is 43.3 Å². The molecule has 0 amide bonds. The molecule has 0 aliphatic rings. The fourth-order valence-electron chi connectivity index (χ4n) is 2.10. The van der Waals surface area contributed by atoms with E-state index in [2.05, 4.69) is 4.98 Å². The van der Waals surface area contributed by atoms with E-state index in [1.165, 1.54) is 0 Å². The van der Waals surface area contributed by atoms with Gasteiger partial charge in [0.1, 0.15) is 5.65 Å². The van der Waals surface area contributed by atoms with Crippen LogP contribution in [-0.2, 0) is 5.88 Å². The zero-order chi connectivity index (χ0) is 12.5. The number of aromatic nitrogens is 2. The van der Waals surface area contributed by atoms with Crippen molar-refractivity contribution in [3.8, 4) is 11.3 Å². The highest BCUT2D eigenvalue weighted by molar-refractivity contribution is 6.17. The summed E-state index contributed by atoms with van der Waals surface area (Å²) in [5.41, 5.74) is 10.3. The summed E-state index contributed by atoms with van der Waals surface area (Å²) in [7, 11) is 0. The standard InChI is InChI=1S/C14H12ClN3/c15-9-12-14(10-5-1-2-6-11(10)16)17-13-7-3-4-8-18(12)13/h1-8H,9,16H2. The minimum Gasteiger partial charge on any atom is -0.398 e. The molecular weight excluding hydrogens is 246 g/mol. The number of hydrogen-bond acceptors (Lipinski definition) is 2. The van der Waals surface area contributed by atoms with E-state index in [0.717, 1.165) is 22.6 Å². The lowest BCUT2D eigenvalue weighted by molar-refractivity contribution is 1.09. The smallest absolute Gasteiger partial charge is 0.137 e. The molecule has 0 aliphatic carbocycles. The predicted octanol–water partition coefficient (Wildman–Crippen LogP) is 3.32. The Kier molecular flexibility index (Phi) is 2.68. The van der Waals surface area contributed by atoms with Gasteiger partial charge in [-0.05, 0) is 18.2 Å². The molecule has 0 radical (unpaired) electrons. The van der Waals surface area contributed by atoms with Crippen molar-refractivity contribution < 1.29 is 0 Å². The predicted molar refractivity (Wildman–Crippen MR) is 74.6 cm³/mol. The lowest BCUT2D eigenvalue weighted by atomic mass is 10.1. The summed E-state index contributed by atoms with van der Waals surface area (Å²) in [6.07, 6.45) is 1.96. The molecule has 90 valence electrons. The Bertz CT molecular complexity index is 703. The maximum atomic E-state index is 6.05. The molecular formula is C14H12ClN3. The van der Waals surface area contributed by atoms with E-state index >= 15 is 0 Å². The first-order chi connectivity index (χ1) is 8.81. The molecule has 0 atom stereocenters. The first-order valence-electron chi connectivity index (χ1n) is 5.68. The first kappa shape index (κ1) is 11.1. The summed E-state index contributed by atoms with van der Waals surface area (Å²) in [6, 6.07) is 13.6. The minimum absolute atomic E-state index is 0.398. The number of anilines is 1. The van der Waals surface area contributed by atoms with Crippen LogP contribution in [0.1, 0.15) is 5.69 Å². The third-order valence-electron chi connectivity index (χ3n) is 2.97. The van der Waals surface area contributed by atoms with Crippen LogP contribution in [-0.4, -0.2) is 9.38 Å². The molecule has 0 spiro atoms. The Hall–Kier alpha value is -2.00. The number of hydrogen-bond donors (Lipinski definition) is 1. The molecule has 0 bridgehead atoms. The Morgan fingerprint density at radius 2 is 1.89 bits per heavy atom. The van der Waals surface area contributed by atoms with E-state index in [1.807, 2.05) is 53.1 Å². The van der Waals surface area contributed by atoms with E-state index in [9.17, 15) is 0 Å². The zero-order valence-electron chi connectivity index (χ0n) is 9.68. The van der Waals surface area contributed by atoms with Crippen LogP contribution in [0.2, 0.25) is 0 Å². The second kappa shape index (κ2) is 4.35. The number of alkyl halides is 1. The SMILES string of the molecule is Nc1ccccc1-c1nc2ccccn2c1CCl. The summed E-state index contributed by atoms with van der Waals surface area (Å²) in [4.78, 5) is 4.61. The van der Waals surface area contributed by atoms with Crippen molar-refractivity contribution in [2.45, 2.75) is 5.88 Å². The fraction of sp³-hybridized carbons (Fsp3) is 0.0714. The van der Waals surface area contributed by atoms with Crippen LogP contribution >= 0.6 is 11.6 Å². The molecule has 2 N–H and O–H groups in total. The van der Waals surface area contributed by atoms with Crippen LogP contribution in [0.5, 0.6) is 0 Å². The number of imidazole rings is 1. The lowest BCUT2D eigenvalue weighted by Crippen LogP contribution is -1.93. The second-order valence-electron chi connectivity index (χ2n) is 4.06. The van der Waals surface area contributed by atoms with Crippen LogP contribution in [0.3, 0.4) is 0 Å². The van der Waals surface area contributed by atoms with Gasteiger partial charge < -0.3 is 10.1 Å². The molecule has 0 unspecified atom stereocenters. The number of nitrogen functional groups attached to an aromatic ring is 1. The molecule has 0 saturated heterocycles. The summed E-state index contributed by atoms with van der Waals surface area (Å²) >= 11 is 6.05. The van der Waals surface area contributed by atoms with Crippen molar-refractivity contribution in [2.24, 2.45) is 0 Å². The lowest BCUT2D eigenvalue weighted by Gasteiger charge is -2.04. The van der Waals surface area contributed by atoms with Crippen LogP contribution in [0.25, 0.3) is 16.9 Å².